The Morgan fingerprint density at radius 2 is 1.81 bits per heavy atom. The van der Waals surface area contributed by atoms with Gasteiger partial charge in [0.05, 0.1) is 6.10 Å². The van der Waals surface area contributed by atoms with Gasteiger partial charge in [-0.2, -0.15) is 0 Å². The summed E-state index contributed by atoms with van der Waals surface area (Å²) in [5, 5.41) is 10.2. The van der Waals surface area contributed by atoms with Gasteiger partial charge in [0, 0.05) is 5.56 Å². The first-order valence-electron chi connectivity index (χ1n) is 6.11. The second kappa shape index (κ2) is 4.96. The highest BCUT2D eigenvalue weighted by atomic mass is 19.1. The summed E-state index contributed by atoms with van der Waals surface area (Å²) in [5.74, 6) is 0.700. The average Bonchev–Trinajstić information content (AvgIpc) is 2.30. The third-order valence-corrected chi connectivity index (χ3v) is 3.73. The summed E-state index contributed by atoms with van der Waals surface area (Å²) in [6.07, 6.45) is 3.69. The van der Waals surface area contributed by atoms with Gasteiger partial charge >= 0.3 is 0 Å². The van der Waals surface area contributed by atoms with Crippen molar-refractivity contribution in [2.45, 2.75) is 38.7 Å². The Balaban J connectivity index is 2.07. The Hall–Kier alpha value is -0.890. The second-order valence-electron chi connectivity index (χ2n) is 4.99. The number of aliphatic hydroxyl groups excluding tert-OH is 1. The molecule has 1 unspecified atom stereocenters. The molecule has 0 bridgehead atoms. The summed E-state index contributed by atoms with van der Waals surface area (Å²) in [5.41, 5.74) is 0.460. The molecule has 1 saturated carbocycles. The Morgan fingerprint density at radius 3 is 2.44 bits per heavy atom. The average molecular weight is 222 g/mol. The minimum atomic E-state index is -0.631. The normalized spacial score (nSPS) is 27.7. The smallest absolute Gasteiger partial charge is 0.129 e. The first kappa shape index (κ1) is 11.6. The van der Waals surface area contributed by atoms with Crippen molar-refractivity contribution in [3.63, 3.8) is 0 Å². The molecule has 1 aromatic rings. The minimum Gasteiger partial charge on any atom is -0.388 e. The predicted octanol–water partition coefficient (Wildman–Crippen LogP) is 3.69. The summed E-state index contributed by atoms with van der Waals surface area (Å²) >= 11 is 0. The van der Waals surface area contributed by atoms with Crippen LogP contribution in [0.1, 0.15) is 44.3 Å². The summed E-state index contributed by atoms with van der Waals surface area (Å²) in [4.78, 5) is 0. The summed E-state index contributed by atoms with van der Waals surface area (Å²) in [6, 6.07) is 6.56. The van der Waals surface area contributed by atoms with Gasteiger partial charge in [-0.15, -0.1) is 0 Å². The topological polar surface area (TPSA) is 20.2 Å². The van der Waals surface area contributed by atoms with Gasteiger partial charge in [0.1, 0.15) is 5.82 Å². The molecule has 1 aliphatic rings. The van der Waals surface area contributed by atoms with E-state index in [0.717, 1.165) is 31.6 Å². The molecule has 1 aromatic carbocycles. The van der Waals surface area contributed by atoms with Crippen molar-refractivity contribution in [2.24, 2.45) is 11.8 Å². The molecule has 1 nitrogen and oxygen atoms in total. The molecule has 1 aliphatic carbocycles. The lowest BCUT2D eigenvalue weighted by Gasteiger charge is -2.30. The standard InChI is InChI=1S/C14H19FO/c1-10-6-8-11(9-7-10)14(16)12-4-2-3-5-13(12)15/h2-5,10-11,14,16H,6-9H2,1H3. The molecule has 1 fully saturated rings. The van der Waals surface area contributed by atoms with Crippen molar-refractivity contribution in [1.82, 2.24) is 0 Å². The van der Waals surface area contributed by atoms with Crippen LogP contribution in [-0.4, -0.2) is 5.11 Å². The van der Waals surface area contributed by atoms with E-state index in [1.54, 1.807) is 18.2 Å². The Kier molecular flexibility index (Phi) is 3.59. The van der Waals surface area contributed by atoms with Crippen molar-refractivity contribution in [1.29, 1.82) is 0 Å². The molecule has 2 heteroatoms. The summed E-state index contributed by atoms with van der Waals surface area (Å²) in [6.45, 7) is 2.24. The van der Waals surface area contributed by atoms with E-state index < -0.39 is 6.10 Å². The molecule has 16 heavy (non-hydrogen) atoms. The Bertz CT molecular complexity index is 342. The van der Waals surface area contributed by atoms with Gasteiger partial charge in [0.25, 0.3) is 0 Å². The lowest BCUT2D eigenvalue weighted by Crippen LogP contribution is -2.20. The molecule has 88 valence electrons. The fourth-order valence-corrected chi connectivity index (χ4v) is 2.57. The van der Waals surface area contributed by atoms with Gasteiger partial charge in [0.2, 0.25) is 0 Å². The Labute approximate surface area is 96.3 Å². The van der Waals surface area contributed by atoms with Crippen LogP contribution in [0.25, 0.3) is 0 Å². The van der Waals surface area contributed by atoms with Crippen LogP contribution in [0.3, 0.4) is 0 Å². The number of hydrogen-bond donors (Lipinski definition) is 1. The molecule has 0 heterocycles. The predicted molar refractivity (Wildman–Crippen MR) is 62.5 cm³/mol. The lowest BCUT2D eigenvalue weighted by atomic mass is 9.78. The van der Waals surface area contributed by atoms with Gasteiger partial charge in [0.15, 0.2) is 0 Å². The molecule has 2 rings (SSSR count). The van der Waals surface area contributed by atoms with Crippen LogP contribution in [-0.2, 0) is 0 Å². The monoisotopic (exact) mass is 222 g/mol. The van der Waals surface area contributed by atoms with Crippen LogP contribution < -0.4 is 0 Å². The van der Waals surface area contributed by atoms with Crippen molar-refractivity contribution in [2.75, 3.05) is 0 Å². The van der Waals surface area contributed by atoms with E-state index in [9.17, 15) is 9.50 Å². The van der Waals surface area contributed by atoms with Crippen molar-refractivity contribution in [3.05, 3.63) is 35.6 Å². The maximum atomic E-state index is 13.5. The van der Waals surface area contributed by atoms with Crippen LogP contribution in [0.5, 0.6) is 0 Å². The van der Waals surface area contributed by atoms with Crippen molar-refractivity contribution in [3.8, 4) is 0 Å². The quantitative estimate of drug-likeness (QED) is 0.809. The molecule has 0 saturated heterocycles. The van der Waals surface area contributed by atoms with Gasteiger partial charge in [-0.25, -0.2) is 4.39 Å². The molecule has 1 N–H and O–H groups in total. The number of hydrogen-bond acceptors (Lipinski definition) is 1. The SMILES string of the molecule is CC1CCC(C(O)c2ccccc2F)CC1. The molecule has 0 spiro atoms. The molecule has 1 atom stereocenters. The fraction of sp³-hybridized carbons (Fsp3) is 0.571. The third kappa shape index (κ3) is 2.43. The van der Waals surface area contributed by atoms with E-state index in [-0.39, 0.29) is 11.7 Å². The first-order valence-corrected chi connectivity index (χ1v) is 6.11. The van der Waals surface area contributed by atoms with E-state index in [4.69, 9.17) is 0 Å². The summed E-state index contributed by atoms with van der Waals surface area (Å²) < 4.78 is 13.5. The van der Waals surface area contributed by atoms with Crippen molar-refractivity contribution < 1.29 is 9.50 Å². The highest BCUT2D eigenvalue weighted by Crippen LogP contribution is 2.37. The van der Waals surface area contributed by atoms with E-state index in [2.05, 4.69) is 6.92 Å². The lowest BCUT2D eigenvalue weighted by molar-refractivity contribution is 0.0726. The first-order chi connectivity index (χ1) is 7.68. The maximum Gasteiger partial charge on any atom is 0.129 e. The van der Waals surface area contributed by atoms with Gasteiger partial charge in [-0.1, -0.05) is 38.0 Å². The van der Waals surface area contributed by atoms with E-state index in [1.165, 1.54) is 6.07 Å². The van der Waals surface area contributed by atoms with Gasteiger partial charge in [-0.3, -0.25) is 0 Å². The minimum absolute atomic E-state index is 0.230. The van der Waals surface area contributed by atoms with E-state index in [1.807, 2.05) is 0 Å². The van der Waals surface area contributed by atoms with Crippen LogP contribution in [0, 0.1) is 17.7 Å². The maximum absolute atomic E-state index is 13.5. The zero-order valence-corrected chi connectivity index (χ0v) is 9.70. The number of benzene rings is 1. The largest absolute Gasteiger partial charge is 0.388 e. The number of rotatable bonds is 2. The fourth-order valence-electron chi connectivity index (χ4n) is 2.57. The Morgan fingerprint density at radius 1 is 1.19 bits per heavy atom. The molecule has 0 aliphatic heterocycles. The van der Waals surface area contributed by atoms with Crippen LogP contribution in [0.4, 0.5) is 4.39 Å². The van der Waals surface area contributed by atoms with Crippen LogP contribution >= 0.6 is 0 Å². The molecular formula is C14H19FO. The third-order valence-electron chi connectivity index (χ3n) is 3.73. The molecule has 0 aromatic heterocycles. The zero-order valence-electron chi connectivity index (χ0n) is 9.70. The van der Waals surface area contributed by atoms with Gasteiger partial charge in [-0.05, 0) is 30.7 Å². The molecule has 0 amide bonds. The van der Waals surface area contributed by atoms with Crippen LogP contribution in [0.15, 0.2) is 24.3 Å². The highest BCUT2D eigenvalue weighted by Gasteiger charge is 2.26. The summed E-state index contributed by atoms with van der Waals surface area (Å²) in [7, 11) is 0. The number of aliphatic hydroxyl groups is 1. The molecular weight excluding hydrogens is 203 g/mol. The van der Waals surface area contributed by atoms with Gasteiger partial charge < -0.3 is 5.11 Å². The van der Waals surface area contributed by atoms with Crippen LogP contribution in [0.2, 0.25) is 0 Å². The van der Waals surface area contributed by atoms with E-state index >= 15 is 0 Å². The van der Waals surface area contributed by atoms with Crippen molar-refractivity contribution >= 4 is 0 Å². The number of halogens is 1. The molecule has 0 radical (unpaired) electrons. The zero-order chi connectivity index (χ0) is 11.5. The highest BCUT2D eigenvalue weighted by molar-refractivity contribution is 5.20. The van der Waals surface area contributed by atoms with E-state index in [0.29, 0.717) is 5.56 Å². The second-order valence-corrected chi connectivity index (χ2v) is 4.99.